The summed E-state index contributed by atoms with van der Waals surface area (Å²) in [6, 6.07) is 13.3. The van der Waals surface area contributed by atoms with Gasteiger partial charge in [0, 0.05) is 29.3 Å². The van der Waals surface area contributed by atoms with Crippen molar-refractivity contribution in [2.45, 2.75) is 6.54 Å². The Morgan fingerprint density at radius 2 is 2.15 bits per heavy atom. The number of nitrogens with zero attached hydrogens (tertiary/aromatic N) is 1. The quantitative estimate of drug-likeness (QED) is 0.649. The van der Waals surface area contributed by atoms with Gasteiger partial charge in [-0.05, 0) is 42.9 Å². The molecule has 0 radical (unpaired) electrons. The first-order chi connectivity index (χ1) is 13.1. The Kier molecular flexibility index (Phi) is 4.52. The largest absolute Gasteiger partial charge is 0.482 e. The lowest BCUT2D eigenvalue weighted by Crippen LogP contribution is -2.30. The molecule has 0 fully saturated rings. The highest BCUT2D eigenvalue weighted by atomic mass is 16.5. The molecule has 3 N–H and O–H groups in total. The first-order valence-electron chi connectivity index (χ1n) is 8.68. The topological polar surface area (TPSA) is 86.5 Å². The lowest BCUT2D eigenvalue weighted by molar-refractivity contribution is -0.118. The molecule has 1 aliphatic rings. The second kappa shape index (κ2) is 7.13. The summed E-state index contributed by atoms with van der Waals surface area (Å²) in [5.41, 5.74) is 3.43. The summed E-state index contributed by atoms with van der Waals surface area (Å²) >= 11 is 0. The molecule has 2 amide bonds. The van der Waals surface area contributed by atoms with Crippen LogP contribution in [0.5, 0.6) is 5.75 Å². The van der Waals surface area contributed by atoms with Crippen molar-refractivity contribution in [2.75, 3.05) is 30.8 Å². The van der Waals surface area contributed by atoms with Crippen LogP contribution >= 0.6 is 0 Å². The molecule has 27 heavy (non-hydrogen) atoms. The van der Waals surface area contributed by atoms with Crippen molar-refractivity contribution in [2.24, 2.45) is 0 Å². The molecular formula is C20H20N4O3. The zero-order chi connectivity index (χ0) is 18.8. The van der Waals surface area contributed by atoms with Crippen LogP contribution in [-0.4, -0.2) is 41.9 Å². The number of aromatic nitrogens is 1. The fourth-order valence-electron chi connectivity index (χ4n) is 3.24. The summed E-state index contributed by atoms with van der Waals surface area (Å²) in [6.45, 7) is 0.925. The van der Waals surface area contributed by atoms with Gasteiger partial charge in [0.1, 0.15) is 5.75 Å². The molecule has 0 aliphatic carbocycles. The van der Waals surface area contributed by atoms with E-state index in [4.69, 9.17) is 4.74 Å². The first kappa shape index (κ1) is 17.1. The molecular weight excluding hydrogens is 344 g/mol. The number of carbonyl (C=O) groups excluding carboxylic acids is 2. The molecule has 2 aromatic carbocycles. The zero-order valence-electron chi connectivity index (χ0n) is 14.9. The van der Waals surface area contributed by atoms with Crippen LogP contribution in [-0.2, 0) is 16.1 Å². The van der Waals surface area contributed by atoms with E-state index in [9.17, 15) is 9.59 Å². The third-order valence-electron chi connectivity index (χ3n) is 4.44. The Labute approximate surface area is 156 Å². The summed E-state index contributed by atoms with van der Waals surface area (Å²) in [6.07, 6.45) is 1.92. The van der Waals surface area contributed by atoms with Gasteiger partial charge in [-0.25, -0.2) is 0 Å². The fraction of sp³-hybridized carbons (Fsp3) is 0.200. The van der Waals surface area contributed by atoms with E-state index < -0.39 is 0 Å². The Hall–Kier alpha value is -3.32. The van der Waals surface area contributed by atoms with Gasteiger partial charge in [-0.2, -0.15) is 0 Å². The number of fused-ring (bicyclic) bond motifs is 2. The Morgan fingerprint density at radius 3 is 3.04 bits per heavy atom. The van der Waals surface area contributed by atoms with E-state index in [2.05, 4.69) is 21.7 Å². The monoisotopic (exact) mass is 364 g/mol. The molecule has 0 atom stereocenters. The number of H-pyrrole nitrogens is 1. The SMILES string of the molecule is CN(CC(=O)Nc1ccc2c(c1)NC(=O)CO2)Cc1cccc2[nH]ccc12. The summed E-state index contributed by atoms with van der Waals surface area (Å²) in [5.74, 6) is 0.274. The van der Waals surface area contributed by atoms with E-state index in [0.717, 1.165) is 16.5 Å². The standard InChI is InChI=1S/C20H20N4O3/c1-24(10-13-3-2-4-16-15(13)7-8-21-16)11-19(25)22-14-5-6-18-17(9-14)23-20(26)12-27-18/h2-9,21H,10-12H2,1H3,(H,22,25)(H,23,26). The van der Waals surface area contributed by atoms with Crippen LogP contribution in [0.15, 0.2) is 48.7 Å². The average molecular weight is 364 g/mol. The second-order valence-corrected chi connectivity index (χ2v) is 6.62. The van der Waals surface area contributed by atoms with Crippen LogP contribution < -0.4 is 15.4 Å². The van der Waals surface area contributed by atoms with E-state index >= 15 is 0 Å². The summed E-state index contributed by atoms with van der Waals surface area (Å²) in [7, 11) is 1.91. The fourth-order valence-corrected chi connectivity index (χ4v) is 3.24. The van der Waals surface area contributed by atoms with Crippen molar-refractivity contribution in [3.8, 4) is 5.75 Å². The van der Waals surface area contributed by atoms with Gasteiger partial charge in [0.05, 0.1) is 12.2 Å². The predicted molar refractivity (Wildman–Crippen MR) is 104 cm³/mol. The molecule has 0 spiro atoms. The summed E-state index contributed by atoms with van der Waals surface area (Å²) in [5, 5.41) is 6.76. The molecule has 0 saturated carbocycles. The highest BCUT2D eigenvalue weighted by Crippen LogP contribution is 2.30. The molecule has 7 nitrogen and oxygen atoms in total. The number of ether oxygens (including phenoxy) is 1. The maximum Gasteiger partial charge on any atom is 0.262 e. The number of anilines is 2. The normalized spacial score (nSPS) is 13.2. The van der Waals surface area contributed by atoms with Crippen molar-refractivity contribution < 1.29 is 14.3 Å². The molecule has 7 heteroatoms. The molecule has 3 aromatic rings. The Balaban J connectivity index is 1.38. The second-order valence-electron chi connectivity index (χ2n) is 6.62. The third-order valence-corrected chi connectivity index (χ3v) is 4.44. The first-order valence-corrected chi connectivity index (χ1v) is 8.68. The highest BCUT2D eigenvalue weighted by Gasteiger charge is 2.17. The number of nitrogens with one attached hydrogen (secondary N) is 3. The van der Waals surface area contributed by atoms with E-state index in [1.807, 2.05) is 36.3 Å². The lowest BCUT2D eigenvalue weighted by Gasteiger charge is -2.20. The van der Waals surface area contributed by atoms with Crippen LogP contribution in [0.3, 0.4) is 0 Å². The van der Waals surface area contributed by atoms with E-state index in [0.29, 0.717) is 23.7 Å². The summed E-state index contributed by atoms with van der Waals surface area (Å²) < 4.78 is 5.32. The number of carbonyl (C=O) groups is 2. The molecule has 138 valence electrons. The number of hydrogen-bond acceptors (Lipinski definition) is 4. The minimum atomic E-state index is -0.204. The predicted octanol–water partition coefficient (Wildman–Crippen LogP) is 2.57. The van der Waals surface area contributed by atoms with Crippen LogP contribution in [0, 0.1) is 0 Å². The highest BCUT2D eigenvalue weighted by molar-refractivity contribution is 5.98. The minimum Gasteiger partial charge on any atom is -0.482 e. The average Bonchev–Trinajstić information content (AvgIpc) is 3.11. The smallest absolute Gasteiger partial charge is 0.262 e. The van der Waals surface area contributed by atoms with E-state index in [-0.39, 0.29) is 25.0 Å². The van der Waals surface area contributed by atoms with Crippen molar-refractivity contribution in [1.82, 2.24) is 9.88 Å². The van der Waals surface area contributed by atoms with Crippen LogP contribution in [0.1, 0.15) is 5.56 Å². The van der Waals surface area contributed by atoms with Gasteiger partial charge in [-0.1, -0.05) is 12.1 Å². The number of likely N-dealkylation sites (N-methyl/N-ethyl adjacent to an activating group) is 1. The van der Waals surface area contributed by atoms with Crippen molar-refractivity contribution in [3.05, 3.63) is 54.2 Å². The third kappa shape index (κ3) is 3.78. The van der Waals surface area contributed by atoms with Crippen LogP contribution in [0.2, 0.25) is 0 Å². The molecule has 0 unspecified atom stereocenters. The van der Waals surface area contributed by atoms with Gasteiger partial charge < -0.3 is 20.4 Å². The Morgan fingerprint density at radius 1 is 1.26 bits per heavy atom. The molecule has 1 aromatic heterocycles. The Bertz CT molecular complexity index is 1010. The van der Waals surface area contributed by atoms with Gasteiger partial charge in [0.25, 0.3) is 5.91 Å². The molecule has 0 saturated heterocycles. The number of rotatable bonds is 5. The van der Waals surface area contributed by atoms with Gasteiger partial charge in [-0.3, -0.25) is 14.5 Å². The minimum absolute atomic E-state index is 0.0113. The molecule has 2 heterocycles. The van der Waals surface area contributed by atoms with E-state index in [1.165, 1.54) is 0 Å². The van der Waals surface area contributed by atoms with Gasteiger partial charge in [-0.15, -0.1) is 0 Å². The molecule has 1 aliphatic heterocycles. The number of benzene rings is 2. The maximum atomic E-state index is 12.4. The number of hydrogen-bond donors (Lipinski definition) is 3. The maximum absolute atomic E-state index is 12.4. The van der Waals surface area contributed by atoms with Gasteiger partial charge >= 0.3 is 0 Å². The van der Waals surface area contributed by atoms with Crippen molar-refractivity contribution in [1.29, 1.82) is 0 Å². The van der Waals surface area contributed by atoms with E-state index in [1.54, 1.807) is 18.2 Å². The van der Waals surface area contributed by atoms with Crippen molar-refractivity contribution in [3.63, 3.8) is 0 Å². The molecule has 0 bridgehead atoms. The zero-order valence-corrected chi connectivity index (χ0v) is 14.9. The molecule has 4 rings (SSSR count). The number of amides is 2. The van der Waals surface area contributed by atoms with Gasteiger partial charge in [0.2, 0.25) is 5.91 Å². The van der Waals surface area contributed by atoms with Crippen LogP contribution in [0.25, 0.3) is 10.9 Å². The lowest BCUT2D eigenvalue weighted by atomic mass is 10.1. The van der Waals surface area contributed by atoms with Crippen molar-refractivity contribution >= 4 is 34.1 Å². The van der Waals surface area contributed by atoms with Crippen LogP contribution in [0.4, 0.5) is 11.4 Å². The summed E-state index contributed by atoms with van der Waals surface area (Å²) in [4.78, 5) is 29.0. The van der Waals surface area contributed by atoms with Gasteiger partial charge in [0.15, 0.2) is 6.61 Å². The number of aromatic amines is 1.